The van der Waals surface area contributed by atoms with Crippen LogP contribution in [0.3, 0.4) is 0 Å². The van der Waals surface area contributed by atoms with Gasteiger partial charge in [-0.1, -0.05) is 0 Å². The Bertz CT molecular complexity index is 1080. The van der Waals surface area contributed by atoms with Crippen LogP contribution in [-0.2, 0) is 13.6 Å². The molecule has 2 aromatic heterocycles. The molecule has 0 aliphatic rings. The second-order valence-electron chi connectivity index (χ2n) is 6.55. The van der Waals surface area contributed by atoms with Gasteiger partial charge in [-0.15, -0.1) is 0 Å². The van der Waals surface area contributed by atoms with E-state index in [1.807, 2.05) is 0 Å². The molecule has 0 aliphatic heterocycles. The predicted octanol–water partition coefficient (Wildman–Crippen LogP) is -0.0622. The van der Waals surface area contributed by atoms with Crippen molar-refractivity contribution in [2.75, 3.05) is 32.7 Å². The highest BCUT2D eigenvalue weighted by Gasteiger charge is 2.20. The number of aliphatic hydroxyl groups excluding tert-OH is 1. The maximum absolute atomic E-state index is 12.4. The summed E-state index contributed by atoms with van der Waals surface area (Å²) in [7, 11) is 6.64. The second kappa shape index (κ2) is 7.77. The van der Waals surface area contributed by atoms with Crippen LogP contribution in [0.25, 0.3) is 11.2 Å². The van der Waals surface area contributed by atoms with E-state index in [4.69, 9.17) is 9.47 Å². The van der Waals surface area contributed by atoms with Gasteiger partial charge in [-0.25, -0.2) is 4.79 Å². The maximum atomic E-state index is 12.4. The summed E-state index contributed by atoms with van der Waals surface area (Å²) in [5, 5.41) is 10.5. The molecule has 0 amide bonds. The molecule has 10 heteroatoms. The highest BCUT2D eigenvalue weighted by molar-refractivity contribution is 5.74. The fourth-order valence-electron chi connectivity index (χ4n) is 2.87. The van der Waals surface area contributed by atoms with Gasteiger partial charge in [-0.2, -0.15) is 4.98 Å². The van der Waals surface area contributed by atoms with E-state index < -0.39 is 17.4 Å². The predicted molar refractivity (Wildman–Crippen MR) is 104 cm³/mol. The Balaban J connectivity index is 1.86. The van der Waals surface area contributed by atoms with Gasteiger partial charge < -0.3 is 24.0 Å². The van der Waals surface area contributed by atoms with E-state index in [-0.39, 0.29) is 24.3 Å². The summed E-state index contributed by atoms with van der Waals surface area (Å²) in [6.07, 6.45) is -0.908. The Morgan fingerprint density at radius 2 is 1.86 bits per heavy atom. The number of hydrogen-bond donors (Lipinski definition) is 2. The van der Waals surface area contributed by atoms with Crippen LogP contribution in [0.15, 0.2) is 33.9 Å². The number of nitrogens with zero attached hydrogens (tertiary/aromatic N) is 4. The van der Waals surface area contributed by atoms with Crippen LogP contribution < -0.4 is 25.6 Å². The first kappa shape index (κ1) is 19.5. The first-order chi connectivity index (χ1) is 13.3. The number of H-pyrrole nitrogens is 1. The molecule has 0 unspecified atom stereocenters. The summed E-state index contributed by atoms with van der Waals surface area (Å²) in [5.74, 6) is 1.74. The largest absolute Gasteiger partial charge is 0.497 e. The summed E-state index contributed by atoms with van der Waals surface area (Å²) in [5.41, 5.74) is -0.632. The minimum atomic E-state index is -0.908. The van der Waals surface area contributed by atoms with E-state index in [0.29, 0.717) is 17.4 Å². The second-order valence-corrected chi connectivity index (χ2v) is 6.55. The number of hydrogen-bond acceptors (Lipinski definition) is 7. The van der Waals surface area contributed by atoms with Crippen LogP contribution in [-0.4, -0.2) is 58.1 Å². The van der Waals surface area contributed by atoms with Gasteiger partial charge in [0, 0.05) is 21.1 Å². The third-order valence-corrected chi connectivity index (χ3v) is 4.28. The van der Waals surface area contributed by atoms with Gasteiger partial charge in [0.1, 0.15) is 24.2 Å². The molecule has 2 heterocycles. The molecule has 0 fully saturated rings. The molecule has 2 N–H and O–H groups in total. The molecule has 0 aliphatic carbocycles. The van der Waals surface area contributed by atoms with E-state index in [2.05, 4.69) is 9.97 Å². The van der Waals surface area contributed by atoms with E-state index in [0.717, 1.165) is 0 Å². The first-order valence-electron chi connectivity index (χ1n) is 8.63. The zero-order valence-corrected chi connectivity index (χ0v) is 16.2. The van der Waals surface area contributed by atoms with E-state index in [1.54, 1.807) is 54.9 Å². The first-order valence-corrected chi connectivity index (χ1v) is 8.63. The zero-order chi connectivity index (χ0) is 20.4. The van der Waals surface area contributed by atoms with Crippen molar-refractivity contribution >= 4 is 17.1 Å². The van der Waals surface area contributed by atoms with E-state index in [1.165, 1.54) is 11.6 Å². The number of nitrogens with one attached hydrogen (secondary N) is 1. The number of aryl methyl sites for hydroxylation is 1. The van der Waals surface area contributed by atoms with Gasteiger partial charge in [-0.3, -0.25) is 14.3 Å². The Morgan fingerprint density at radius 3 is 2.46 bits per heavy atom. The lowest BCUT2D eigenvalue weighted by atomic mass is 10.3. The van der Waals surface area contributed by atoms with Gasteiger partial charge in [0.15, 0.2) is 11.2 Å². The van der Waals surface area contributed by atoms with Gasteiger partial charge >= 0.3 is 5.69 Å². The standard InChI is InChI=1S/C18H23N5O5/c1-21(2)17-19-15-14(16(25)20-18(26)22(15)3)23(17)9-11(24)10-28-13-7-5-12(27-4)6-8-13/h5-8,11,24H,9-10H2,1-4H3,(H,20,25,26)/t11-/m0/s1. The average molecular weight is 389 g/mol. The molecule has 0 spiro atoms. The fraction of sp³-hybridized carbons (Fsp3) is 0.389. The normalized spacial score (nSPS) is 12.2. The lowest BCUT2D eigenvalue weighted by Crippen LogP contribution is -2.31. The highest BCUT2D eigenvalue weighted by Crippen LogP contribution is 2.19. The number of fused-ring (bicyclic) bond motifs is 1. The number of imidazole rings is 1. The molecule has 3 aromatic rings. The molecule has 1 aromatic carbocycles. The summed E-state index contributed by atoms with van der Waals surface area (Å²) in [6, 6.07) is 7.00. The number of methoxy groups -OCH3 is 1. The Morgan fingerprint density at radius 1 is 1.21 bits per heavy atom. The summed E-state index contributed by atoms with van der Waals surface area (Å²) in [6.45, 7) is 0.0873. The Kier molecular flexibility index (Phi) is 5.41. The van der Waals surface area contributed by atoms with Crippen molar-refractivity contribution in [1.29, 1.82) is 0 Å². The number of aromatic amines is 1. The minimum absolute atomic E-state index is 0.0164. The van der Waals surface area contributed by atoms with Crippen LogP contribution >= 0.6 is 0 Å². The van der Waals surface area contributed by atoms with Crippen molar-refractivity contribution in [3.8, 4) is 11.5 Å². The van der Waals surface area contributed by atoms with Crippen molar-refractivity contribution in [1.82, 2.24) is 19.1 Å². The molecule has 150 valence electrons. The monoisotopic (exact) mass is 389 g/mol. The molecule has 3 rings (SSSR count). The van der Waals surface area contributed by atoms with Gasteiger partial charge in [0.25, 0.3) is 5.56 Å². The zero-order valence-electron chi connectivity index (χ0n) is 16.2. The van der Waals surface area contributed by atoms with Gasteiger partial charge in [0.05, 0.1) is 13.7 Å². The maximum Gasteiger partial charge on any atom is 0.329 e. The number of rotatable bonds is 7. The third kappa shape index (κ3) is 3.72. The van der Waals surface area contributed by atoms with E-state index in [9.17, 15) is 14.7 Å². The van der Waals surface area contributed by atoms with Crippen molar-refractivity contribution in [2.24, 2.45) is 7.05 Å². The van der Waals surface area contributed by atoms with Gasteiger partial charge in [0.2, 0.25) is 5.95 Å². The minimum Gasteiger partial charge on any atom is -0.497 e. The molecule has 0 radical (unpaired) electrons. The molecule has 10 nitrogen and oxygen atoms in total. The van der Waals surface area contributed by atoms with Crippen LogP contribution in [0, 0.1) is 0 Å². The summed E-state index contributed by atoms with van der Waals surface area (Å²) >= 11 is 0. The topological polar surface area (TPSA) is 115 Å². The van der Waals surface area contributed by atoms with Crippen molar-refractivity contribution < 1.29 is 14.6 Å². The average Bonchev–Trinajstić information content (AvgIpc) is 3.05. The third-order valence-electron chi connectivity index (χ3n) is 4.28. The molecule has 28 heavy (non-hydrogen) atoms. The summed E-state index contributed by atoms with van der Waals surface area (Å²) in [4.78, 5) is 32.6. The quantitative estimate of drug-likeness (QED) is 0.582. The van der Waals surface area contributed by atoms with Crippen LogP contribution in [0.4, 0.5) is 5.95 Å². The van der Waals surface area contributed by atoms with Crippen molar-refractivity contribution in [3.63, 3.8) is 0 Å². The van der Waals surface area contributed by atoms with Crippen LogP contribution in [0.2, 0.25) is 0 Å². The Hall–Kier alpha value is -3.27. The lowest BCUT2D eigenvalue weighted by Gasteiger charge is -2.18. The summed E-state index contributed by atoms with van der Waals surface area (Å²) < 4.78 is 13.5. The Labute approximate surface area is 160 Å². The lowest BCUT2D eigenvalue weighted by molar-refractivity contribution is 0.0937. The highest BCUT2D eigenvalue weighted by atomic mass is 16.5. The molecular weight excluding hydrogens is 366 g/mol. The van der Waals surface area contributed by atoms with Crippen molar-refractivity contribution in [2.45, 2.75) is 12.6 Å². The molecule has 0 bridgehead atoms. The van der Waals surface area contributed by atoms with E-state index >= 15 is 0 Å². The number of ether oxygens (including phenoxy) is 2. The number of anilines is 1. The molecule has 0 saturated heterocycles. The number of aromatic nitrogens is 4. The van der Waals surface area contributed by atoms with Crippen LogP contribution in [0.5, 0.6) is 11.5 Å². The fourth-order valence-corrected chi connectivity index (χ4v) is 2.87. The number of aliphatic hydroxyl groups is 1. The molecule has 1 atom stereocenters. The molecular formula is C18H23N5O5. The van der Waals surface area contributed by atoms with Crippen LogP contribution in [0.1, 0.15) is 0 Å². The SMILES string of the molecule is COc1ccc(OC[C@@H](O)Cn2c(N(C)C)nc3c2c(=O)[nH]c(=O)n3C)cc1. The van der Waals surface area contributed by atoms with Crippen molar-refractivity contribution in [3.05, 3.63) is 45.1 Å². The molecule has 0 saturated carbocycles. The smallest absolute Gasteiger partial charge is 0.329 e. The number of benzene rings is 1. The van der Waals surface area contributed by atoms with Gasteiger partial charge in [-0.05, 0) is 24.3 Å².